The van der Waals surface area contributed by atoms with E-state index in [4.69, 9.17) is 5.73 Å². The standard InChI is InChI=1S/C24H27F3N2/c1-18-9-3-4-10-19(18)13-14-20(29-15-7-2-8-16-29)17-23(28)21-11-5-6-12-22(21)24(25,26)27/h3-6,9-12,14,17H,2,7-8,13,15-16,28H2,1H3/b20-14+,23-17-. The summed E-state index contributed by atoms with van der Waals surface area (Å²) in [5, 5.41) is 0. The highest BCUT2D eigenvalue weighted by molar-refractivity contribution is 5.68. The van der Waals surface area contributed by atoms with Crippen LogP contribution in [0.2, 0.25) is 0 Å². The Labute approximate surface area is 170 Å². The highest BCUT2D eigenvalue weighted by atomic mass is 19.4. The molecule has 0 saturated carbocycles. The number of halogens is 3. The molecule has 0 unspecified atom stereocenters. The molecule has 0 spiro atoms. The van der Waals surface area contributed by atoms with Gasteiger partial charge in [0.05, 0.1) is 5.56 Å². The summed E-state index contributed by atoms with van der Waals surface area (Å²) in [6, 6.07) is 13.6. The lowest BCUT2D eigenvalue weighted by atomic mass is 10.0. The summed E-state index contributed by atoms with van der Waals surface area (Å²) in [5.41, 5.74) is 8.94. The topological polar surface area (TPSA) is 29.3 Å². The average molecular weight is 400 g/mol. The van der Waals surface area contributed by atoms with Crippen LogP contribution in [0, 0.1) is 6.92 Å². The Bertz CT molecular complexity index is 891. The van der Waals surface area contributed by atoms with Gasteiger partial charge in [0.15, 0.2) is 0 Å². The lowest BCUT2D eigenvalue weighted by Crippen LogP contribution is -2.29. The van der Waals surface area contributed by atoms with Crippen LogP contribution in [0.25, 0.3) is 5.70 Å². The number of likely N-dealkylation sites (tertiary alicyclic amines) is 1. The normalized spacial score (nSPS) is 16.2. The zero-order valence-electron chi connectivity index (χ0n) is 16.7. The minimum absolute atomic E-state index is 0.0267. The van der Waals surface area contributed by atoms with Gasteiger partial charge in [-0.15, -0.1) is 0 Å². The van der Waals surface area contributed by atoms with Crippen LogP contribution in [-0.2, 0) is 12.6 Å². The van der Waals surface area contributed by atoms with Gasteiger partial charge in [0.1, 0.15) is 0 Å². The van der Waals surface area contributed by atoms with Gasteiger partial charge in [-0.25, -0.2) is 0 Å². The molecule has 1 fully saturated rings. The number of rotatable bonds is 5. The molecule has 2 aromatic carbocycles. The molecule has 0 amide bonds. The second-order valence-corrected chi connectivity index (χ2v) is 7.45. The van der Waals surface area contributed by atoms with Crippen molar-refractivity contribution in [3.63, 3.8) is 0 Å². The molecule has 0 bridgehead atoms. The van der Waals surface area contributed by atoms with Crippen LogP contribution in [0.15, 0.2) is 66.4 Å². The molecule has 0 atom stereocenters. The summed E-state index contributed by atoms with van der Waals surface area (Å²) in [7, 11) is 0. The SMILES string of the molecule is Cc1ccccc1C/C=C(\C=C(/N)c1ccccc1C(F)(F)F)N1CCCCC1. The molecule has 1 aliphatic heterocycles. The molecule has 0 aliphatic carbocycles. The lowest BCUT2D eigenvalue weighted by molar-refractivity contribution is -0.137. The Morgan fingerprint density at radius 3 is 2.34 bits per heavy atom. The molecule has 0 aromatic heterocycles. The Kier molecular flexibility index (Phi) is 6.68. The van der Waals surface area contributed by atoms with Crippen molar-refractivity contribution in [3.05, 3.63) is 88.6 Å². The molecule has 1 aliphatic rings. The summed E-state index contributed by atoms with van der Waals surface area (Å²) < 4.78 is 40.2. The smallest absolute Gasteiger partial charge is 0.398 e. The van der Waals surface area contributed by atoms with E-state index in [1.807, 2.05) is 12.1 Å². The number of aryl methyl sites for hydroxylation is 1. The van der Waals surface area contributed by atoms with Crippen LogP contribution in [0.4, 0.5) is 13.2 Å². The fourth-order valence-corrected chi connectivity index (χ4v) is 3.70. The van der Waals surface area contributed by atoms with E-state index < -0.39 is 11.7 Å². The summed E-state index contributed by atoms with van der Waals surface area (Å²) in [6.07, 6.45) is 3.39. The maximum atomic E-state index is 13.4. The summed E-state index contributed by atoms with van der Waals surface area (Å²) in [6.45, 7) is 3.85. The Morgan fingerprint density at radius 1 is 1.00 bits per heavy atom. The zero-order chi connectivity index (χ0) is 20.9. The van der Waals surface area contributed by atoms with E-state index in [1.165, 1.54) is 29.7 Å². The molecule has 3 rings (SSSR count). The van der Waals surface area contributed by atoms with Gasteiger partial charge in [-0.05, 0) is 55.9 Å². The summed E-state index contributed by atoms with van der Waals surface area (Å²) in [4.78, 5) is 2.23. The van der Waals surface area contributed by atoms with E-state index >= 15 is 0 Å². The molecular weight excluding hydrogens is 373 g/mol. The van der Waals surface area contributed by atoms with Crippen molar-refractivity contribution < 1.29 is 13.2 Å². The zero-order valence-corrected chi connectivity index (χ0v) is 16.7. The Hall–Kier alpha value is -2.69. The number of nitrogens with zero attached hydrogens (tertiary/aromatic N) is 1. The third-order valence-electron chi connectivity index (χ3n) is 5.36. The number of alkyl halides is 3. The second-order valence-electron chi connectivity index (χ2n) is 7.45. The molecule has 2 N–H and O–H groups in total. The van der Waals surface area contributed by atoms with Crippen molar-refractivity contribution in [1.82, 2.24) is 4.90 Å². The first-order valence-corrected chi connectivity index (χ1v) is 9.99. The molecule has 29 heavy (non-hydrogen) atoms. The van der Waals surface area contributed by atoms with E-state index in [0.29, 0.717) is 6.42 Å². The van der Waals surface area contributed by atoms with Crippen molar-refractivity contribution in [3.8, 4) is 0 Å². The van der Waals surface area contributed by atoms with Crippen LogP contribution < -0.4 is 5.73 Å². The number of piperidine rings is 1. The first-order chi connectivity index (χ1) is 13.9. The van der Waals surface area contributed by atoms with E-state index in [0.717, 1.165) is 37.7 Å². The van der Waals surface area contributed by atoms with Crippen LogP contribution in [-0.4, -0.2) is 18.0 Å². The van der Waals surface area contributed by atoms with Gasteiger partial charge in [-0.1, -0.05) is 48.5 Å². The monoisotopic (exact) mass is 400 g/mol. The van der Waals surface area contributed by atoms with Gasteiger partial charge < -0.3 is 10.6 Å². The number of hydrogen-bond acceptors (Lipinski definition) is 2. The highest BCUT2D eigenvalue weighted by Crippen LogP contribution is 2.34. The number of allylic oxidation sites excluding steroid dienone is 2. The summed E-state index contributed by atoms with van der Waals surface area (Å²) >= 11 is 0. The highest BCUT2D eigenvalue weighted by Gasteiger charge is 2.33. The molecule has 1 heterocycles. The van der Waals surface area contributed by atoms with Gasteiger partial charge in [0.2, 0.25) is 0 Å². The van der Waals surface area contributed by atoms with Crippen LogP contribution in [0.1, 0.15) is 41.5 Å². The largest absolute Gasteiger partial charge is 0.417 e. The van der Waals surface area contributed by atoms with Crippen LogP contribution in [0.3, 0.4) is 0 Å². The van der Waals surface area contributed by atoms with Gasteiger partial charge in [-0.2, -0.15) is 13.2 Å². The number of nitrogens with two attached hydrogens (primary N) is 1. The van der Waals surface area contributed by atoms with Crippen molar-refractivity contribution in [1.29, 1.82) is 0 Å². The third-order valence-corrected chi connectivity index (χ3v) is 5.36. The minimum atomic E-state index is -4.44. The van der Waals surface area contributed by atoms with Crippen molar-refractivity contribution in [2.75, 3.05) is 13.1 Å². The fraction of sp³-hybridized carbons (Fsp3) is 0.333. The van der Waals surface area contributed by atoms with Crippen LogP contribution in [0.5, 0.6) is 0 Å². The predicted molar refractivity (Wildman–Crippen MR) is 112 cm³/mol. The minimum Gasteiger partial charge on any atom is -0.398 e. The van der Waals surface area contributed by atoms with Gasteiger partial charge >= 0.3 is 6.18 Å². The maximum absolute atomic E-state index is 13.4. The van der Waals surface area contributed by atoms with Gasteiger partial charge in [0, 0.05) is 30.0 Å². The predicted octanol–water partition coefficient (Wildman–Crippen LogP) is 5.93. The fourth-order valence-electron chi connectivity index (χ4n) is 3.70. The van der Waals surface area contributed by atoms with E-state index in [9.17, 15) is 13.2 Å². The molecular formula is C24H27F3N2. The Morgan fingerprint density at radius 2 is 1.66 bits per heavy atom. The van der Waals surface area contributed by atoms with Crippen molar-refractivity contribution in [2.45, 2.75) is 38.8 Å². The van der Waals surface area contributed by atoms with Gasteiger partial charge in [0.25, 0.3) is 0 Å². The van der Waals surface area contributed by atoms with Crippen molar-refractivity contribution in [2.24, 2.45) is 5.73 Å². The molecule has 0 radical (unpaired) electrons. The van der Waals surface area contributed by atoms with Crippen LogP contribution >= 0.6 is 0 Å². The lowest BCUT2D eigenvalue weighted by Gasteiger charge is -2.30. The average Bonchev–Trinajstić information content (AvgIpc) is 2.72. The summed E-state index contributed by atoms with van der Waals surface area (Å²) in [5.74, 6) is 0. The molecule has 154 valence electrons. The van der Waals surface area contributed by atoms with Gasteiger partial charge in [-0.3, -0.25) is 0 Å². The second kappa shape index (κ2) is 9.21. The first-order valence-electron chi connectivity index (χ1n) is 9.99. The van der Waals surface area contributed by atoms with E-state index in [1.54, 1.807) is 12.1 Å². The van der Waals surface area contributed by atoms with E-state index in [2.05, 4.69) is 30.0 Å². The molecule has 2 aromatic rings. The Balaban J connectivity index is 1.96. The van der Waals surface area contributed by atoms with Crippen molar-refractivity contribution >= 4 is 5.70 Å². The first kappa shape index (κ1) is 21.0. The molecule has 5 heteroatoms. The third kappa shape index (κ3) is 5.43. The molecule has 1 saturated heterocycles. The van der Waals surface area contributed by atoms with E-state index in [-0.39, 0.29) is 11.3 Å². The molecule has 2 nitrogen and oxygen atoms in total. The maximum Gasteiger partial charge on any atom is 0.417 e. The number of hydrogen-bond donors (Lipinski definition) is 1. The quantitative estimate of drug-likeness (QED) is 0.631. The number of benzene rings is 2.